The third-order valence-corrected chi connectivity index (χ3v) is 2.58. The van der Waals surface area contributed by atoms with E-state index in [1.165, 1.54) is 16.7 Å². The number of aryl methyl sites for hydroxylation is 1. The van der Waals surface area contributed by atoms with Gasteiger partial charge in [-0.05, 0) is 18.1 Å². The lowest BCUT2D eigenvalue weighted by Crippen LogP contribution is -2.15. The van der Waals surface area contributed by atoms with Crippen molar-refractivity contribution in [2.24, 2.45) is 0 Å². The number of rotatable bonds is 2. The Morgan fingerprint density at radius 1 is 1.27 bits per heavy atom. The molecule has 3 nitrogen and oxygen atoms in total. The third kappa shape index (κ3) is 2.56. The molecular formula is C12H16O3. The number of fused-ring (bicyclic) bond motifs is 1. The molecule has 3 heteroatoms. The predicted molar refractivity (Wildman–Crippen MR) is 56.2 cm³/mol. The molecule has 1 aliphatic heterocycles. The minimum Gasteiger partial charge on any atom is -0.396 e. The van der Waals surface area contributed by atoms with Crippen LogP contribution in [0.25, 0.3) is 0 Å². The van der Waals surface area contributed by atoms with E-state index in [2.05, 4.69) is 25.1 Å². The molecule has 1 aromatic rings. The summed E-state index contributed by atoms with van der Waals surface area (Å²) in [6, 6.07) is 6.28. The Labute approximate surface area is 89.6 Å². The average Bonchev–Trinajstić information content (AvgIpc) is 2.42. The van der Waals surface area contributed by atoms with Crippen molar-refractivity contribution in [3.63, 3.8) is 0 Å². The van der Waals surface area contributed by atoms with Crippen molar-refractivity contribution in [3.8, 4) is 0 Å². The fourth-order valence-corrected chi connectivity index (χ4v) is 1.72. The number of aliphatic hydroxyl groups excluding tert-OH is 1. The second kappa shape index (κ2) is 4.75. The van der Waals surface area contributed by atoms with Crippen LogP contribution in [0.1, 0.15) is 23.1 Å². The Hall–Kier alpha value is -0.900. The monoisotopic (exact) mass is 208 g/mol. The average molecular weight is 208 g/mol. The first-order valence-electron chi connectivity index (χ1n) is 5.22. The summed E-state index contributed by atoms with van der Waals surface area (Å²) in [5.74, 6) is 0. The van der Waals surface area contributed by atoms with Crippen LogP contribution in [0.15, 0.2) is 18.2 Å². The van der Waals surface area contributed by atoms with Crippen molar-refractivity contribution in [2.75, 3.05) is 6.61 Å². The molecule has 0 saturated carbocycles. The summed E-state index contributed by atoms with van der Waals surface area (Å²) in [7, 11) is 0. The minimum atomic E-state index is -0.275. The number of benzene rings is 1. The van der Waals surface area contributed by atoms with Gasteiger partial charge in [0.05, 0.1) is 13.2 Å². The summed E-state index contributed by atoms with van der Waals surface area (Å²) in [5.41, 5.74) is 3.61. The lowest BCUT2D eigenvalue weighted by atomic mass is 10.1. The van der Waals surface area contributed by atoms with E-state index in [-0.39, 0.29) is 12.9 Å². The van der Waals surface area contributed by atoms with E-state index in [1.54, 1.807) is 0 Å². The van der Waals surface area contributed by atoms with Crippen molar-refractivity contribution < 1.29 is 14.6 Å². The van der Waals surface area contributed by atoms with Crippen molar-refractivity contribution in [1.82, 2.24) is 0 Å². The van der Waals surface area contributed by atoms with Crippen LogP contribution in [0.3, 0.4) is 0 Å². The van der Waals surface area contributed by atoms with Gasteiger partial charge in [-0.2, -0.15) is 0 Å². The number of ether oxygens (including phenoxy) is 2. The van der Waals surface area contributed by atoms with Gasteiger partial charge in [-0.3, -0.25) is 0 Å². The molecule has 0 bridgehead atoms. The summed E-state index contributed by atoms with van der Waals surface area (Å²) in [6.07, 6.45) is 0.259. The predicted octanol–water partition coefficient (Wildman–Crippen LogP) is 1.75. The van der Waals surface area contributed by atoms with Crippen LogP contribution in [0.2, 0.25) is 0 Å². The highest BCUT2D eigenvalue weighted by molar-refractivity contribution is 5.30. The second-order valence-corrected chi connectivity index (χ2v) is 3.84. The van der Waals surface area contributed by atoms with Gasteiger partial charge in [0.15, 0.2) is 6.29 Å². The molecule has 1 unspecified atom stereocenters. The van der Waals surface area contributed by atoms with Crippen molar-refractivity contribution in [1.29, 1.82) is 0 Å². The standard InChI is InChI=1S/C12H16O3/c1-9-2-3-10-7-14-12(4-5-13)15-8-11(10)6-9/h2-3,6,12-13H,4-5,7-8H2,1H3. The van der Waals surface area contributed by atoms with Crippen molar-refractivity contribution in [2.45, 2.75) is 32.8 Å². The number of aliphatic hydroxyl groups is 1. The van der Waals surface area contributed by atoms with Gasteiger partial charge in [-0.25, -0.2) is 0 Å². The smallest absolute Gasteiger partial charge is 0.160 e. The molecule has 1 heterocycles. The molecule has 1 N–H and O–H groups in total. The van der Waals surface area contributed by atoms with Gasteiger partial charge in [0.25, 0.3) is 0 Å². The molecule has 1 aliphatic rings. The summed E-state index contributed by atoms with van der Waals surface area (Å²) >= 11 is 0. The Morgan fingerprint density at radius 3 is 2.73 bits per heavy atom. The van der Waals surface area contributed by atoms with E-state index in [0.29, 0.717) is 19.6 Å². The fourth-order valence-electron chi connectivity index (χ4n) is 1.72. The first kappa shape index (κ1) is 10.6. The zero-order valence-corrected chi connectivity index (χ0v) is 8.90. The van der Waals surface area contributed by atoms with E-state index >= 15 is 0 Å². The van der Waals surface area contributed by atoms with Crippen LogP contribution in [-0.4, -0.2) is 18.0 Å². The zero-order valence-electron chi connectivity index (χ0n) is 8.90. The lowest BCUT2D eigenvalue weighted by molar-refractivity contribution is -0.156. The first-order chi connectivity index (χ1) is 7.29. The van der Waals surface area contributed by atoms with Crippen molar-refractivity contribution in [3.05, 3.63) is 34.9 Å². The molecule has 0 aliphatic carbocycles. The molecule has 15 heavy (non-hydrogen) atoms. The lowest BCUT2D eigenvalue weighted by Gasteiger charge is -2.13. The minimum absolute atomic E-state index is 0.0973. The second-order valence-electron chi connectivity index (χ2n) is 3.84. The van der Waals surface area contributed by atoms with Crippen LogP contribution in [-0.2, 0) is 22.7 Å². The van der Waals surface area contributed by atoms with Crippen LogP contribution >= 0.6 is 0 Å². The molecule has 82 valence electrons. The highest BCUT2D eigenvalue weighted by Gasteiger charge is 2.16. The van der Waals surface area contributed by atoms with Crippen LogP contribution in [0, 0.1) is 6.92 Å². The molecule has 0 aromatic heterocycles. The van der Waals surface area contributed by atoms with Gasteiger partial charge >= 0.3 is 0 Å². The Morgan fingerprint density at radius 2 is 2.00 bits per heavy atom. The molecule has 0 amide bonds. The van der Waals surface area contributed by atoms with Gasteiger partial charge in [0.1, 0.15) is 0 Å². The molecule has 0 saturated heterocycles. The van der Waals surface area contributed by atoms with Gasteiger partial charge in [0, 0.05) is 13.0 Å². The molecule has 0 spiro atoms. The first-order valence-corrected chi connectivity index (χ1v) is 5.22. The largest absolute Gasteiger partial charge is 0.396 e. The zero-order chi connectivity index (χ0) is 10.7. The van der Waals surface area contributed by atoms with Crippen LogP contribution in [0.4, 0.5) is 0 Å². The van der Waals surface area contributed by atoms with E-state index < -0.39 is 0 Å². The summed E-state index contributed by atoms with van der Waals surface area (Å²) in [5, 5.41) is 8.81. The molecule has 0 fully saturated rings. The van der Waals surface area contributed by atoms with E-state index in [9.17, 15) is 0 Å². The quantitative estimate of drug-likeness (QED) is 0.804. The topological polar surface area (TPSA) is 38.7 Å². The van der Waals surface area contributed by atoms with Crippen LogP contribution in [0.5, 0.6) is 0 Å². The van der Waals surface area contributed by atoms with Gasteiger partial charge in [-0.1, -0.05) is 23.8 Å². The SMILES string of the molecule is Cc1ccc2c(c1)COC(CCO)OC2. The van der Waals surface area contributed by atoms with Gasteiger partial charge < -0.3 is 14.6 Å². The van der Waals surface area contributed by atoms with Gasteiger partial charge in [-0.15, -0.1) is 0 Å². The maximum Gasteiger partial charge on any atom is 0.160 e. The summed E-state index contributed by atoms with van der Waals surface area (Å²) in [6.45, 7) is 3.30. The normalized spacial score (nSPS) is 20.8. The highest BCUT2D eigenvalue weighted by Crippen LogP contribution is 2.20. The Kier molecular flexibility index (Phi) is 3.36. The molecule has 2 rings (SSSR count). The van der Waals surface area contributed by atoms with E-state index in [1.807, 2.05) is 0 Å². The summed E-state index contributed by atoms with van der Waals surface area (Å²) < 4.78 is 11.1. The Balaban J connectivity index is 2.11. The van der Waals surface area contributed by atoms with Gasteiger partial charge in [0.2, 0.25) is 0 Å². The molecule has 1 aromatic carbocycles. The van der Waals surface area contributed by atoms with E-state index in [4.69, 9.17) is 14.6 Å². The Bertz CT molecular complexity index is 336. The highest BCUT2D eigenvalue weighted by atomic mass is 16.7. The molecule has 0 radical (unpaired) electrons. The number of hydrogen-bond donors (Lipinski definition) is 1. The number of hydrogen-bond acceptors (Lipinski definition) is 3. The van der Waals surface area contributed by atoms with Crippen LogP contribution < -0.4 is 0 Å². The molecular weight excluding hydrogens is 192 g/mol. The maximum absolute atomic E-state index is 8.81. The fraction of sp³-hybridized carbons (Fsp3) is 0.500. The molecule has 1 atom stereocenters. The maximum atomic E-state index is 8.81. The summed E-state index contributed by atoms with van der Waals surface area (Å²) in [4.78, 5) is 0. The van der Waals surface area contributed by atoms with Crippen molar-refractivity contribution >= 4 is 0 Å². The van der Waals surface area contributed by atoms with E-state index in [0.717, 1.165) is 0 Å². The third-order valence-electron chi connectivity index (χ3n) is 2.58.